The van der Waals surface area contributed by atoms with E-state index in [-0.39, 0.29) is 0 Å². The molecule has 94 valence electrons. The summed E-state index contributed by atoms with van der Waals surface area (Å²) in [7, 11) is 0. The molecule has 4 nitrogen and oxygen atoms in total. The molecule has 1 aromatic heterocycles. The van der Waals surface area contributed by atoms with E-state index in [2.05, 4.69) is 31.9 Å². The summed E-state index contributed by atoms with van der Waals surface area (Å²) < 4.78 is 2.67. The predicted octanol–water partition coefficient (Wildman–Crippen LogP) is 2.16. The fourth-order valence-corrected chi connectivity index (χ4v) is 2.52. The summed E-state index contributed by atoms with van der Waals surface area (Å²) in [6.45, 7) is 8.23. The number of aromatic nitrogens is 2. The van der Waals surface area contributed by atoms with Crippen molar-refractivity contribution in [1.29, 1.82) is 5.26 Å². The zero-order valence-corrected chi connectivity index (χ0v) is 13.9. The Kier molecular flexibility index (Phi) is 4.81. The van der Waals surface area contributed by atoms with Gasteiger partial charge in [0.1, 0.15) is 0 Å². The van der Waals surface area contributed by atoms with Crippen molar-refractivity contribution >= 4 is 9.84 Å². The van der Waals surface area contributed by atoms with Gasteiger partial charge in [-0.15, -0.1) is 0 Å². The fraction of sp³-hybridized carbons (Fsp3) is 0.308. The molecule has 0 aliphatic carbocycles. The van der Waals surface area contributed by atoms with Crippen LogP contribution in [0.1, 0.15) is 33.4 Å². The summed E-state index contributed by atoms with van der Waals surface area (Å²) in [6, 6.07) is 3.59. The van der Waals surface area contributed by atoms with Gasteiger partial charge in [-0.05, 0) is 0 Å². The molecule has 0 saturated carbocycles. The molecule has 0 aliphatic heterocycles. The number of hydrogen-bond donors (Lipinski definition) is 1. The normalized spacial score (nSPS) is 12.9. The van der Waals surface area contributed by atoms with Crippen molar-refractivity contribution in [1.82, 2.24) is 9.78 Å². The van der Waals surface area contributed by atoms with Gasteiger partial charge in [0, 0.05) is 0 Å². The molecule has 0 unspecified atom stereocenters. The van der Waals surface area contributed by atoms with Gasteiger partial charge in [0.25, 0.3) is 0 Å². The third kappa shape index (κ3) is 2.86. The van der Waals surface area contributed by atoms with Crippen LogP contribution in [0.15, 0.2) is 28.9 Å². The first-order valence-corrected chi connectivity index (χ1v) is 7.00. The standard InChI is InChI=1S/C13H16N4.W/c1-5-9(2)11(4)10(3)8-17-13(15)6-12(7-14)16-17;/h5-6H,15H2,1-4H3;. The van der Waals surface area contributed by atoms with E-state index in [9.17, 15) is 0 Å². The molecule has 0 aromatic carbocycles. The summed E-state index contributed by atoms with van der Waals surface area (Å²) >= 11 is 1.27. The molecule has 2 N–H and O–H groups in total. The summed E-state index contributed by atoms with van der Waals surface area (Å²) in [4.78, 5) is 0. The van der Waals surface area contributed by atoms with Crippen LogP contribution >= 0.6 is 0 Å². The van der Waals surface area contributed by atoms with E-state index in [4.69, 9.17) is 11.0 Å². The Morgan fingerprint density at radius 1 is 1.44 bits per heavy atom. The summed E-state index contributed by atoms with van der Waals surface area (Å²) in [5.74, 6) is 0.502. The SMILES string of the molecule is CC=C(C)C(C)=C(C)[C](=[W])n1nc(C#N)cc1N. The first-order valence-electron chi connectivity index (χ1n) is 5.53. The van der Waals surface area contributed by atoms with Gasteiger partial charge >= 0.3 is 118 Å². The zero-order valence-electron chi connectivity index (χ0n) is 11.0. The molecule has 1 rings (SSSR count). The second kappa shape index (κ2) is 5.93. The quantitative estimate of drug-likeness (QED) is 0.775. The molecule has 0 radical (unpaired) electrons. The van der Waals surface area contributed by atoms with Crippen LogP contribution in [0.2, 0.25) is 0 Å². The van der Waals surface area contributed by atoms with Crippen LogP contribution in [-0.2, 0) is 19.4 Å². The molecule has 0 bridgehead atoms. The maximum absolute atomic E-state index is 8.83. The van der Waals surface area contributed by atoms with E-state index >= 15 is 0 Å². The van der Waals surface area contributed by atoms with Crippen molar-refractivity contribution in [3.05, 3.63) is 34.6 Å². The molecule has 5 heteroatoms. The van der Waals surface area contributed by atoms with Crippen LogP contribution in [0, 0.1) is 11.3 Å². The number of nitriles is 1. The first-order chi connectivity index (χ1) is 8.42. The fourth-order valence-electron chi connectivity index (χ4n) is 1.44. The number of nitrogens with two attached hydrogens (primary N) is 1. The van der Waals surface area contributed by atoms with E-state index in [1.807, 2.05) is 13.0 Å². The van der Waals surface area contributed by atoms with Gasteiger partial charge in [-0.3, -0.25) is 0 Å². The topological polar surface area (TPSA) is 67.6 Å². The number of hydrogen-bond acceptors (Lipinski definition) is 3. The van der Waals surface area contributed by atoms with Gasteiger partial charge in [-0.2, -0.15) is 0 Å². The Morgan fingerprint density at radius 3 is 2.50 bits per heavy atom. The monoisotopic (exact) mass is 412 g/mol. The van der Waals surface area contributed by atoms with Crippen LogP contribution in [0.3, 0.4) is 0 Å². The summed E-state index contributed by atoms with van der Waals surface area (Å²) in [6.07, 6.45) is 2.08. The van der Waals surface area contributed by atoms with Gasteiger partial charge in [0.2, 0.25) is 0 Å². The molecule has 18 heavy (non-hydrogen) atoms. The van der Waals surface area contributed by atoms with Crippen molar-refractivity contribution in [2.45, 2.75) is 27.7 Å². The molecular formula is C13H16N4W. The number of nitrogens with zero attached hydrogens (tertiary/aromatic N) is 3. The van der Waals surface area contributed by atoms with Crippen molar-refractivity contribution in [2.24, 2.45) is 0 Å². The van der Waals surface area contributed by atoms with Gasteiger partial charge < -0.3 is 0 Å². The Balaban J connectivity index is 3.23. The minimum absolute atomic E-state index is 0.347. The van der Waals surface area contributed by atoms with E-state index in [1.54, 1.807) is 10.7 Å². The number of anilines is 1. The van der Waals surface area contributed by atoms with Crippen LogP contribution < -0.4 is 5.73 Å². The maximum atomic E-state index is 8.83. The molecule has 1 heterocycles. The summed E-state index contributed by atoms with van der Waals surface area (Å²) in [5.41, 5.74) is 9.82. The molecule has 1 aromatic rings. The molecule has 0 spiro atoms. The van der Waals surface area contributed by atoms with Crippen LogP contribution in [0.4, 0.5) is 5.82 Å². The average Bonchev–Trinajstić information content (AvgIpc) is 2.76. The van der Waals surface area contributed by atoms with Gasteiger partial charge in [0.05, 0.1) is 0 Å². The van der Waals surface area contributed by atoms with Crippen molar-refractivity contribution in [2.75, 3.05) is 5.73 Å². The Bertz CT molecular complexity index is 585. The van der Waals surface area contributed by atoms with Gasteiger partial charge in [0.15, 0.2) is 0 Å². The van der Waals surface area contributed by atoms with Crippen LogP contribution in [0.5, 0.6) is 0 Å². The third-order valence-corrected chi connectivity index (χ3v) is 4.67. The van der Waals surface area contributed by atoms with E-state index < -0.39 is 0 Å². The second-order valence-electron chi connectivity index (χ2n) is 4.00. The number of rotatable bonds is 3. The van der Waals surface area contributed by atoms with Gasteiger partial charge in [-0.1, -0.05) is 0 Å². The Hall–Kier alpha value is -1.46. The molecule has 0 saturated heterocycles. The first kappa shape index (κ1) is 14.6. The average molecular weight is 412 g/mol. The zero-order chi connectivity index (χ0) is 13.9. The van der Waals surface area contributed by atoms with Crippen LogP contribution in [-0.4, -0.2) is 13.8 Å². The number of nitrogen functional groups attached to an aromatic ring is 1. The molecule has 0 atom stereocenters. The van der Waals surface area contributed by atoms with E-state index in [0.29, 0.717) is 11.5 Å². The predicted molar refractivity (Wildman–Crippen MR) is 69.6 cm³/mol. The van der Waals surface area contributed by atoms with Crippen molar-refractivity contribution in [3.63, 3.8) is 0 Å². The van der Waals surface area contributed by atoms with Crippen LogP contribution in [0.25, 0.3) is 0 Å². The molecule has 0 amide bonds. The van der Waals surface area contributed by atoms with Crippen molar-refractivity contribution < 1.29 is 19.4 Å². The minimum atomic E-state index is 0.347. The number of allylic oxidation sites excluding steroid dienone is 4. The second-order valence-corrected chi connectivity index (χ2v) is 5.39. The molecule has 0 aliphatic rings. The van der Waals surface area contributed by atoms with Gasteiger partial charge in [-0.25, -0.2) is 0 Å². The molecular weight excluding hydrogens is 396 g/mol. The van der Waals surface area contributed by atoms with E-state index in [0.717, 1.165) is 9.59 Å². The third-order valence-electron chi connectivity index (χ3n) is 2.95. The summed E-state index contributed by atoms with van der Waals surface area (Å²) in [5, 5.41) is 13.0. The molecule has 0 fully saturated rings. The Labute approximate surface area is 118 Å². The van der Waals surface area contributed by atoms with Crippen molar-refractivity contribution in [3.8, 4) is 6.07 Å². The van der Waals surface area contributed by atoms with E-state index in [1.165, 1.54) is 30.5 Å². The Morgan fingerprint density at radius 2 is 2.06 bits per heavy atom.